The average molecular weight is 363 g/mol. The van der Waals surface area contributed by atoms with Gasteiger partial charge in [-0.2, -0.15) is 12.6 Å². The van der Waals surface area contributed by atoms with Crippen molar-refractivity contribution in [2.24, 2.45) is 0 Å². The summed E-state index contributed by atoms with van der Waals surface area (Å²) in [7, 11) is 0. The molecule has 0 radical (unpaired) electrons. The molecule has 0 rings (SSSR count). The topological polar surface area (TPSA) is 0 Å². The Morgan fingerprint density at radius 1 is 0.625 bits per heavy atom. The highest BCUT2D eigenvalue weighted by Gasteiger charge is 1.93. The summed E-state index contributed by atoms with van der Waals surface area (Å²) in [6.45, 7) is 2.27. The lowest BCUT2D eigenvalue weighted by molar-refractivity contribution is 0.577. The van der Waals surface area contributed by atoms with Crippen molar-refractivity contribution in [3.05, 3.63) is 71.1 Å². The van der Waals surface area contributed by atoms with E-state index in [1.54, 1.807) is 5.41 Å². The predicted octanol–water partition coefficient (Wildman–Crippen LogP) is 8.00. The average Bonchev–Trinajstić information content (AvgIpc) is 2.59. The molecule has 134 valence electrons. The second-order valence-corrected chi connectivity index (χ2v) is 6.64. The van der Waals surface area contributed by atoms with E-state index in [4.69, 9.17) is 0 Å². The van der Waals surface area contributed by atoms with Crippen molar-refractivity contribution in [1.82, 2.24) is 0 Å². The Hall–Kier alpha value is -0.860. The molecule has 0 heterocycles. The number of thiol groups is 2. The molecular formula is C22H34S2. The zero-order chi connectivity index (χ0) is 17.7. The van der Waals surface area contributed by atoms with Crippen LogP contribution in [-0.4, -0.2) is 0 Å². The van der Waals surface area contributed by atoms with Crippen LogP contribution in [-0.2, 0) is 0 Å². The molecular weight excluding hydrogens is 328 g/mol. The van der Waals surface area contributed by atoms with Crippen molar-refractivity contribution in [3.8, 4) is 0 Å². The molecule has 0 saturated carbocycles. The highest BCUT2D eigenvalue weighted by atomic mass is 32.1. The molecule has 0 saturated heterocycles. The van der Waals surface area contributed by atoms with Crippen molar-refractivity contribution in [3.63, 3.8) is 0 Å². The van der Waals surface area contributed by atoms with E-state index in [1.165, 1.54) is 56.3 Å². The molecule has 0 fully saturated rings. The molecule has 0 aromatic heterocycles. The third kappa shape index (κ3) is 19.2. The Balaban J connectivity index is 3.67. The Morgan fingerprint density at radius 2 is 1.08 bits per heavy atom. The summed E-state index contributed by atoms with van der Waals surface area (Å²) in [6, 6.07) is 0. The van der Waals surface area contributed by atoms with Crippen LogP contribution in [0.1, 0.15) is 64.7 Å². The number of rotatable bonds is 14. The predicted molar refractivity (Wildman–Crippen MR) is 119 cm³/mol. The molecule has 0 aromatic rings. The molecule has 2 heteroatoms. The molecule has 0 atom stereocenters. The van der Waals surface area contributed by atoms with Gasteiger partial charge in [0.1, 0.15) is 0 Å². The van der Waals surface area contributed by atoms with Gasteiger partial charge in [-0.25, -0.2) is 0 Å². The fourth-order valence-corrected chi connectivity index (χ4v) is 2.53. The SMILES string of the molecule is CCCCCCCCCC/C(S)=C/C=C/C=C/C=C/C=C/C=C/S. The van der Waals surface area contributed by atoms with Crippen LogP contribution in [0.2, 0.25) is 0 Å². The highest BCUT2D eigenvalue weighted by molar-refractivity contribution is 7.84. The molecule has 0 N–H and O–H groups in total. The first-order chi connectivity index (χ1) is 11.8. The Bertz CT molecular complexity index is 437. The van der Waals surface area contributed by atoms with E-state index in [1.807, 2.05) is 48.6 Å². The van der Waals surface area contributed by atoms with Crippen molar-refractivity contribution in [2.45, 2.75) is 64.7 Å². The zero-order valence-corrected chi connectivity index (χ0v) is 16.9. The van der Waals surface area contributed by atoms with Gasteiger partial charge >= 0.3 is 0 Å². The maximum Gasteiger partial charge on any atom is -0.0184 e. The molecule has 0 aliphatic heterocycles. The van der Waals surface area contributed by atoms with Crippen LogP contribution in [0.4, 0.5) is 0 Å². The summed E-state index contributed by atoms with van der Waals surface area (Å²) in [4.78, 5) is 1.17. The minimum Gasteiger partial charge on any atom is -0.151 e. The van der Waals surface area contributed by atoms with Crippen molar-refractivity contribution in [1.29, 1.82) is 0 Å². The molecule has 0 amide bonds. The molecule has 0 bridgehead atoms. The smallest absolute Gasteiger partial charge is 0.0184 e. The Morgan fingerprint density at radius 3 is 1.62 bits per heavy atom. The van der Waals surface area contributed by atoms with Gasteiger partial charge in [0.05, 0.1) is 0 Å². The van der Waals surface area contributed by atoms with Crippen molar-refractivity contribution >= 4 is 25.3 Å². The van der Waals surface area contributed by atoms with Gasteiger partial charge in [0, 0.05) is 0 Å². The summed E-state index contributed by atoms with van der Waals surface area (Å²) in [6.07, 6.45) is 32.0. The van der Waals surface area contributed by atoms with Gasteiger partial charge in [0.2, 0.25) is 0 Å². The lowest BCUT2D eigenvalue weighted by atomic mass is 10.1. The summed E-state index contributed by atoms with van der Waals surface area (Å²) < 4.78 is 0. The molecule has 0 unspecified atom stereocenters. The lowest BCUT2D eigenvalue weighted by Gasteiger charge is -2.01. The van der Waals surface area contributed by atoms with Gasteiger partial charge in [-0.05, 0) is 23.2 Å². The van der Waals surface area contributed by atoms with Gasteiger partial charge in [-0.3, -0.25) is 0 Å². The summed E-state index contributed by atoms with van der Waals surface area (Å²) >= 11 is 8.52. The standard InChI is InChI=1S/C22H34S2/c1-2-3-4-5-6-10-13-16-19-22(24)20-17-14-11-8-7-9-12-15-18-21-23/h7-9,11-12,14-15,17-18,20-21,23-24H,2-6,10,13,16,19H2,1H3/b9-7+,11-8+,15-12+,17-14+,21-18+,22-20-. The zero-order valence-electron chi connectivity index (χ0n) is 15.1. The minimum absolute atomic E-state index is 1.09. The summed E-state index contributed by atoms with van der Waals surface area (Å²) in [5.74, 6) is 0. The van der Waals surface area contributed by atoms with Gasteiger partial charge in [-0.1, -0.05) is 113 Å². The quantitative estimate of drug-likeness (QED) is 0.174. The first kappa shape index (κ1) is 23.1. The number of hydrogen-bond acceptors (Lipinski definition) is 2. The van der Waals surface area contributed by atoms with E-state index in [9.17, 15) is 0 Å². The van der Waals surface area contributed by atoms with Gasteiger partial charge < -0.3 is 0 Å². The number of hydrogen-bond donors (Lipinski definition) is 2. The monoisotopic (exact) mass is 362 g/mol. The van der Waals surface area contributed by atoms with E-state index >= 15 is 0 Å². The molecule has 24 heavy (non-hydrogen) atoms. The maximum absolute atomic E-state index is 4.54. The fraction of sp³-hybridized carbons (Fsp3) is 0.455. The van der Waals surface area contributed by atoms with Crippen molar-refractivity contribution < 1.29 is 0 Å². The normalized spacial score (nSPS) is 13.7. The van der Waals surface area contributed by atoms with Crippen LogP contribution < -0.4 is 0 Å². The molecule has 0 nitrogen and oxygen atoms in total. The molecule has 0 aliphatic carbocycles. The van der Waals surface area contributed by atoms with E-state index in [-0.39, 0.29) is 0 Å². The van der Waals surface area contributed by atoms with Crippen molar-refractivity contribution in [2.75, 3.05) is 0 Å². The number of allylic oxidation sites excluding steroid dienone is 11. The fourth-order valence-electron chi connectivity index (χ4n) is 2.19. The Labute approximate surface area is 161 Å². The third-order valence-electron chi connectivity index (χ3n) is 3.55. The Kier molecular flexibility index (Phi) is 19.5. The van der Waals surface area contributed by atoms with Crippen LogP contribution >= 0.6 is 25.3 Å². The first-order valence-electron chi connectivity index (χ1n) is 9.16. The van der Waals surface area contributed by atoms with Crippen LogP contribution in [0.15, 0.2) is 71.1 Å². The van der Waals surface area contributed by atoms with Gasteiger partial charge in [-0.15, -0.1) is 12.6 Å². The second kappa shape index (κ2) is 20.2. The summed E-state index contributed by atoms with van der Waals surface area (Å²) in [5.41, 5.74) is 0. The largest absolute Gasteiger partial charge is 0.151 e. The first-order valence-corrected chi connectivity index (χ1v) is 10.1. The van der Waals surface area contributed by atoms with E-state index in [0.29, 0.717) is 0 Å². The molecule has 0 aromatic carbocycles. The maximum atomic E-state index is 4.54. The van der Waals surface area contributed by atoms with Crippen LogP contribution in [0.5, 0.6) is 0 Å². The van der Waals surface area contributed by atoms with Crippen LogP contribution in [0.25, 0.3) is 0 Å². The van der Waals surface area contributed by atoms with Crippen LogP contribution in [0, 0.1) is 0 Å². The van der Waals surface area contributed by atoms with E-state index < -0.39 is 0 Å². The van der Waals surface area contributed by atoms with E-state index in [0.717, 1.165) is 6.42 Å². The minimum atomic E-state index is 1.09. The van der Waals surface area contributed by atoms with E-state index in [2.05, 4.69) is 44.3 Å². The third-order valence-corrected chi connectivity index (χ3v) is 4.09. The highest BCUT2D eigenvalue weighted by Crippen LogP contribution is 2.15. The van der Waals surface area contributed by atoms with Gasteiger partial charge in [0.25, 0.3) is 0 Å². The number of unbranched alkanes of at least 4 members (excludes halogenated alkanes) is 7. The second-order valence-electron chi connectivity index (χ2n) is 5.76. The summed E-state index contributed by atoms with van der Waals surface area (Å²) in [5, 5.41) is 1.71. The van der Waals surface area contributed by atoms with Gasteiger partial charge in [0.15, 0.2) is 0 Å². The molecule has 0 aliphatic rings. The lowest BCUT2D eigenvalue weighted by Crippen LogP contribution is -1.81. The molecule has 0 spiro atoms. The van der Waals surface area contributed by atoms with Crippen LogP contribution in [0.3, 0.4) is 0 Å².